The Bertz CT molecular complexity index is 677. The van der Waals surface area contributed by atoms with Gasteiger partial charge in [-0.05, 0) is 23.3 Å². The minimum absolute atomic E-state index is 0. The number of nitrogens with two attached hydrogens (primary N) is 1. The van der Waals surface area contributed by atoms with Crippen molar-refractivity contribution < 1.29 is 49.4 Å². The summed E-state index contributed by atoms with van der Waals surface area (Å²) < 4.78 is 0. The zero-order valence-electron chi connectivity index (χ0n) is 13.3. The van der Waals surface area contributed by atoms with Gasteiger partial charge in [0.05, 0.1) is 18.4 Å². The molecule has 2 unspecified atom stereocenters. The molecule has 7 heteroatoms. The topological polar surface area (TPSA) is 115 Å². The first-order valence-corrected chi connectivity index (χ1v) is 7.05. The van der Waals surface area contributed by atoms with Crippen molar-refractivity contribution in [1.29, 1.82) is 0 Å². The smallest absolute Gasteiger partial charge is 0.548 e. The van der Waals surface area contributed by atoms with Crippen LogP contribution in [0.1, 0.15) is 17.2 Å². The Balaban J connectivity index is 0.00000288. The quantitative estimate of drug-likeness (QED) is 0.379. The van der Waals surface area contributed by atoms with E-state index in [-0.39, 0.29) is 36.0 Å². The molecule has 4 N–H and O–H groups in total. The average molecular weight is 336 g/mol. The van der Waals surface area contributed by atoms with Crippen LogP contribution in [0.3, 0.4) is 0 Å². The van der Waals surface area contributed by atoms with Gasteiger partial charge in [0.1, 0.15) is 6.10 Å². The molecule has 0 fully saturated rings. The number of rotatable bonds is 6. The van der Waals surface area contributed by atoms with Crippen molar-refractivity contribution in [3.05, 3.63) is 65.7 Å². The van der Waals surface area contributed by atoms with Gasteiger partial charge in [0.2, 0.25) is 5.91 Å². The van der Waals surface area contributed by atoms with E-state index in [1.54, 1.807) is 54.6 Å². The molecule has 0 aliphatic heterocycles. The fraction of sp³-hybridized carbons (Fsp3) is 0.176. The minimum atomic E-state index is -1.55. The summed E-state index contributed by atoms with van der Waals surface area (Å²) in [7, 11) is 0. The van der Waals surface area contributed by atoms with Crippen LogP contribution in [0.15, 0.2) is 54.6 Å². The van der Waals surface area contributed by atoms with Crippen molar-refractivity contribution in [3.8, 4) is 0 Å². The van der Waals surface area contributed by atoms with Crippen LogP contribution in [0, 0.1) is 0 Å². The van der Waals surface area contributed by atoms with Crippen LogP contribution in [0.25, 0.3) is 0 Å². The maximum absolute atomic E-state index is 12.0. The second kappa shape index (κ2) is 9.44. The molecule has 2 rings (SSSR count). The number of anilines is 1. The fourth-order valence-corrected chi connectivity index (χ4v) is 2.15. The van der Waals surface area contributed by atoms with E-state index in [4.69, 9.17) is 5.73 Å². The molecule has 0 aromatic heterocycles. The predicted octanol–water partition coefficient (Wildman–Crippen LogP) is -3.22. The Morgan fingerprint density at radius 1 is 1.08 bits per heavy atom. The van der Waals surface area contributed by atoms with Crippen LogP contribution in [-0.2, 0) is 16.0 Å². The number of amides is 1. The summed E-state index contributed by atoms with van der Waals surface area (Å²) in [5.74, 6) is -2.08. The molecule has 0 heterocycles. The van der Waals surface area contributed by atoms with Crippen LogP contribution < -0.4 is 45.7 Å². The molecule has 2 atom stereocenters. The van der Waals surface area contributed by atoms with Gasteiger partial charge in [-0.15, -0.1) is 0 Å². The maximum Gasteiger partial charge on any atom is 1.00 e. The van der Waals surface area contributed by atoms with Crippen LogP contribution >= 0.6 is 0 Å². The molecule has 2 aromatic carbocycles. The number of nitrogens with one attached hydrogen (secondary N) is 1. The molecule has 0 aliphatic carbocycles. The maximum atomic E-state index is 12.0. The van der Waals surface area contributed by atoms with Crippen LogP contribution in [0.5, 0.6) is 0 Å². The zero-order chi connectivity index (χ0) is 16.8. The van der Waals surface area contributed by atoms with Gasteiger partial charge in [-0.3, -0.25) is 4.79 Å². The van der Waals surface area contributed by atoms with Gasteiger partial charge in [0, 0.05) is 5.69 Å². The van der Waals surface area contributed by atoms with Crippen LogP contribution in [0.2, 0.25) is 0 Å². The Labute approximate surface area is 162 Å². The second-order valence-electron chi connectivity index (χ2n) is 5.14. The van der Waals surface area contributed by atoms with Gasteiger partial charge in [-0.1, -0.05) is 42.5 Å². The fourth-order valence-electron chi connectivity index (χ4n) is 2.15. The van der Waals surface area contributed by atoms with Gasteiger partial charge in [0.25, 0.3) is 0 Å². The Morgan fingerprint density at radius 2 is 1.67 bits per heavy atom. The number of carboxylic acid groups (broad SMARTS) is 1. The summed E-state index contributed by atoms with van der Waals surface area (Å²) in [5.41, 5.74) is 7.20. The number of aliphatic carboxylic acids is 1. The van der Waals surface area contributed by atoms with E-state index in [9.17, 15) is 19.8 Å². The van der Waals surface area contributed by atoms with Crippen molar-refractivity contribution in [2.45, 2.75) is 18.6 Å². The first-order valence-electron chi connectivity index (χ1n) is 7.05. The van der Waals surface area contributed by atoms with E-state index in [0.717, 1.165) is 0 Å². The van der Waals surface area contributed by atoms with E-state index < -0.39 is 24.0 Å². The van der Waals surface area contributed by atoms with E-state index in [2.05, 4.69) is 5.32 Å². The largest absolute Gasteiger partial charge is 1.00 e. The minimum Gasteiger partial charge on any atom is -0.548 e. The van der Waals surface area contributed by atoms with E-state index in [1.807, 2.05) is 0 Å². The number of benzene rings is 2. The molecule has 0 saturated carbocycles. The Kier molecular flexibility index (Phi) is 7.94. The molecular weight excluding hydrogens is 319 g/mol. The van der Waals surface area contributed by atoms with Gasteiger partial charge >= 0.3 is 29.6 Å². The molecule has 120 valence electrons. The third kappa shape index (κ3) is 5.65. The number of carbonyl (C=O) groups excluding carboxylic acids is 2. The molecule has 2 aromatic rings. The number of carbonyl (C=O) groups is 2. The molecule has 0 radical (unpaired) electrons. The summed E-state index contributed by atoms with van der Waals surface area (Å²) in [5, 5.41) is 23.7. The van der Waals surface area contributed by atoms with Crippen molar-refractivity contribution in [1.82, 2.24) is 5.32 Å². The average Bonchev–Trinajstić information content (AvgIpc) is 2.55. The van der Waals surface area contributed by atoms with Gasteiger partial charge in [-0.2, -0.15) is 0 Å². The second-order valence-corrected chi connectivity index (χ2v) is 5.14. The molecule has 6 nitrogen and oxygen atoms in total. The van der Waals surface area contributed by atoms with Crippen molar-refractivity contribution in [2.75, 3.05) is 5.73 Å². The number of hydrogen-bond donors (Lipinski definition) is 3. The molecule has 1 amide bonds. The Morgan fingerprint density at radius 3 is 2.21 bits per heavy atom. The summed E-state index contributed by atoms with van der Waals surface area (Å²) in [6.07, 6.45) is -1.41. The molecule has 0 bridgehead atoms. The summed E-state index contributed by atoms with van der Waals surface area (Å²) in [6, 6.07) is 13.4. The molecule has 0 aliphatic rings. The molecular formula is C17H17N2NaO4. The Hall–Kier alpha value is -1.86. The number of nitrogen functional groups attached to an aromatic ring is 1. The third-order valence-corrected chi connectivity index (χ3v) is 3.37. The van der Waals surface area contributed by atoms with E-state index >= 15 is 0 Å². The summed E-state index contributed by atoms with van der Waals surface area (Å²) in [4.78, 5) is 23.2. The van der Waals surface area contributed by atoms with Crippen LogP contribution in [0.4, 0.5) is 5.69 Å². The first-order chi connectivity index (χ1) is 11.0. The number of carboxylic acids is 1. The van der Waals surface area contributed by atoms with Crippen molar-refractivity contribution in [3.63, 3.8) is 0 Å². The first kappa shape index (κ1) is 20.2. The number of aliphatic hydroxyl groups is 1. The monoisotopic (exact) mass is 336 g/mol. The van der Waals surface area contributed by atoms with Crippen molar-refractivity contribution in [2.24, 2.45) is 0 Å². The van der Waals surface area contributed by atoms with Gasteiger partial charge < -0.3 is 26.1 Å². The van der Waals surface area contributed by atoms with Gasteiger partial charge in [-0.25, -0.2) is 0 Å². The van der Waals surface area contributed by atoms with E-state index in [1.165, 1.54) is 0 Å². The van der Waals surface area contributed by atoms with E-state index in [0.29, 0.717) is 16.8 Å². The number of aliphatic hydroxyl groups excluding tert-OH is 1. The molecule has 24 heavy (non-hydrogen) atoms. The zero-order valence-corrected chi connectivity index (χ0v) is 15.3. The SMILES string of the molecule is Nc1ccc(CC(=O)NC(C(=O)[O-])C(O)c2ccccc2)cc1.[Na+]. The molecule has 0 spiro atoms. The third-order valence-electron chi connectivity index (χ3n) is 3.37. The van der Waals surface area contributed by atoms with Crippen LogP contribution in [-0.4, -0.2) is 23.0 Å². The summed E-state index contributed by atoms with van der Waals surface area (Å²) in [6.45, 7) is 0. The summed E-state index contributed by atoms with van der Waals surface area (Å²) >= 11 is 0. The van der Waals surface area contributed by atoms with Gasteiger partial charge in [0.15, 0.2) is 0 Å². The molecule has 0 saturated heterocycles. The standard InChI is InChI=1S/C17H18N2O4.Na/c18-13-8-6-11(7-9-13)10-14(20)19-15(17(22)23)16(21)12-4-2-1-3-5-12;/h1-9,15-16,21H,10,18H2,(H,19,20)(H,22,23);/q;+1/p-1. The van der Waals surface area contributed by atoms with Crippen molar-refractivity contribution >= 4 is 17.6 Å². The predicted molar refractivity (Wildman–Crippen MR) is 82.9 cm³/mol. The normalized spacial score (nSPS) is 12.5. The number of hydrogen-bond acceptors (Lipinski definition) is 5.